The first-order chi connectivity index (χ1) is 26.8. The fourth-order valence-corrected chi connectivity index (χ4v) is 7.58. The molecule has 5 atom stereocenters. The van der Waals surface area contributed by atoms with Gasteiger partial charge in [0.15, 0.2) is 22.8 Å². The van der Waals surface area contributed by atoms with Crippen LogP contribution < -0.4 is 20.9 Å². The molecule has 17 heteroatoms. The van der Waals surface area contributed by atoms with Crippen LogP contribution in [0.1, 0.15) is 60.3 Å². The van der Waals surface area contributed by atoms with E-state index in [1.807, 2.05) is 58.9 Å². The number of anilines is 2. The fourth-order valence-electron chi connectivity index (χ4n) is 7.58. The molecule has 0 radical (unpaired) electrons. The van der Waals surface area contributed by atoms with Crippen LogP contribution in [0.25, 0.3) is 11.2 Å². The van der Waals surface area contributed by atoms with E-state index in [9.17, 15) is 20.1 Å². The predicted molar refractivity (Wildman–Crippen MR) is 212 cm³/mol. The molecule has 3 aromatic heterocycles. The Bertz CT molecular complexity index is 2200. The lowest BCUT2D eigenvalue weighted by Crippen LogP contribution is -2.43. The van der Waals surface area contributed by atoms with Crippen molar-refractivity contribution in [2.45, 2.75) is 69.0 Å². The summed E-state index contributed by atoms with van der Waals surface area (Å²) >= 11 is 0. The number of carbonyl (C=O) groups is 1. The molecule has 1 aliphatic carbocycles. The van der Waals surface area contributed by atoms with Crippen molar-refractivity contribution in [1.29, 1.82) is 0 Å². The highest BCUT2D eigenvalue weighted by atomic mass is 35.5. The number of imidazole rings is 1. The summed E-state index contributed by atoms with van der Waals surface area (Å²) in [6.07, 6.45) is 0.956. The zero-order valence-corrected chi connectivity index (χ0v) is 31.6. The van der Waals surface area contributed by atoms with Gasteiger partial charge in [0, 0.05) is 44.6 Å². The van der Waals surface area contributed by atoms with Crippen molar-refractivity contribution in [2.24, 2.45) is 0 Å². The van der Waals surface area contributed by atoms with E-state index >= 15 is 0 Å². The lowest BCUT2D eigenvalue weighted by atomic mass is 9.91. The van der Waals surface area contributed by atoms with Crippen LogP contribution in [0.5, 0.6) is 5.75 Å². The van der Waals surface area contributed by atoms with Crippen molar-refractivity contribution in [2.75, 3.05) is 29.9 Å². The first-order valence-electron chi connectivity index (χ1n) is 18.6. The van der Waals surface area contributed by atoms with Crippen LogP contribution in [0, 0.1) is 0 Å². The Hall–Kier alpha value is -5.84. The number of urea groups is 1. The second-order valence-electron chi connectivity index (χ2n) is 14.1. The predicted octanol–water partition coefficient (Wildman–Crippen LogP) is 3.73. The highest BCUT2D eigenvalue weighted by Crippen LogP contribution is 2.40. The molecule has 1 saturated heterocycles. The molecule has 292 valence electrons. The first-order valence-corrected chi connectivity index (χ1v) is 18.6. The standard InChI is InChI=1S/C39H44N12O4.ClH/c1-2-32-46-48-51(47-32)31-19-30(34(53)35(31)54)50-23-42-33-36(40-21-29(25-11-5-3-6-12-25)26-13-7-4-8-14-26)44-38(45-37(33)50)49-17-16-27(22-49)43-39(55)41-20-24-10-9-15-28(52)18-24;/h3-15,18,23,27,29-31,34-35,52-54H,2,16-17,19-22H2,1H3,(H,40,44,45)(H2,41,43,55);1H/t27?,30-,31+,34+,35-;/m1./s1. The van der Waals surface area contributed by atoms with Crippen LogP contribution >= 0.6 is 12.4 Å². The minimum Gasteiger partial charge on any atom is -0.508 e. The first kappa shape index (κ1) is 38.4. The van der Waals surface area contributed by atoms with Gasteiger partial charge in [-0.15, -0.1) is 22.6 Å². The van der Waals surface area contributed by atoms with E-state index in [0.717, 1.165) is 16.7 Å². The molecule has 6 aromatic rings. The number of nitrogens with one attached hydrogen (secondary N) is 3. The smallest absolute Gasteiger partial charge is 0.315 e. The number of phenols is 1. The molecule has 8 rings (SSSR count). The van der Waals surface area contributed by atoms with Crippen molar-refractivity contribution >= 4 is 41.4 Å². The number of aryl methyl sites for hydroxylation is 1. The number of aliphatic hydroxyl groups excluding tert-OH is 2. The number of fused-ring (bicyclic) bond motifs is 1. The number of benzene rings is 3. The van der Waals surface area contributed by atoms with Gasteiger partial charge in [0.1, 0.15) is 24.0 Å². The van der Waals surface area contributed by atoms with E-state index in [4.69, 9.17) is 15.0 Å². The highest BCUT2D eigenvalue weighted by molar-refractivity contribution is 5.85. The van der Waals surface area contributed by atoms with E-state index in [0.29, 0.717) is 67.7 Å². The van der Waals surface area contributed by atoms with Crippen molar-refractivity contribution < 1.29 is 20.1 Å². The molecule has 4 heterocycles. The number of phenolic OH excluding ortho intramolecular Hbond substituents is 1. The molecular formula is C39H45ClN12O4. The Balaban J connectivity index is 0.00000480. The number of amides is 2. The molecule has 6 N–H and O–H groups in total. The van der Waals surface area contributed by atoms with Gasteiger partial charge in [0.25, 0.3) is 0 Å². The van der Waals surface area contributed by atoms with E-state index in [1.54, 1.807) is 24.5 Å². The third-order valence-corrected chi connectivity index (χ3v) is 10.5. The van der Waals surface area contributed by atoms with Crippen LogP contribution in [0.3, 0.4) is 0 Å². The largest absolute Gasteiger partial charge is 0.508 e. The van der Waals surface area contributed by atoms with Crippen molar-refractivity contribution in [1.82, 2.24) is 50.4 Å². The van der Waals surface area contributed by atoms with Crippen LogP contribution in [0.15, 0.2) is 91.3 Å². The molecule has 1 unspecified atom stereocenters. The Morgan fingerprint density at radius 3 is 2.38 bits per heavy atom. The summed E-state index contributed by atoms with van der Waals surface area (Å²) in [7, 11) is 0. The summed E-state index contributed by atoms with van der Waals surface area (Å²) < 4.78 is 1.81. The molecular weight excluding hydrogens is 736 g/mol. The van der Waals surface area contributed by atoms with Gasteiger partial charge in [-0.3, -0.25) is 0 Å². The molecule has 0 bridgehead atoms. The molecule has 0 spiro atoms. The molecule has 2 amide bonds. The second kappa shape index (κ2) is 16.9. The highest BCUT2D eigenvalue weighted by Gasteiger charge is 2.45. The normalized spacial score (nSPS) is 20.6. The average Bonchev–Trinajstić information content (AvgIpc) is 4.02. The summed E-state index contributed by atoms with van der Waals surface area (Å²) in [5.41, 5.74) is 4.12. The summed E-state index contributed by atoms with van der Waals surface area (Å²) in [6, 6.07) is 25.7. The molecule has 3 aromatic carbocycles. The topological polar surface area (TPSA) is 204 Å². The maximum Gasteiger partial charge on any atom is 0.315 e. The average molecular weight is 781 g/mol. The number of aromatic hydroxyl groups is 1. The second-order valence-corrected chi connectivity index (χ2v) is 14.1. The molecule has 1 aliphatic heterocycles. The van der Waals surface area contributed by atoms with Gasteiger partial charge in [0.05, 0.1) is 12.4 Å². The SMILES string of the molecule is CCc1nnn([C@H]2C[C@@H](n3cnc4c(NCC(c5ccccc5)c5ccccc5)nc(N5CCC(NC(=O)NCc6cccc(O)c6)C5)nc43)[C@H](O)[C@@H]2O)n1.Cl. The maximum atomic E-state index is 12.9. The van der Waals surface area contributed by atoms with Crippen molar-refractivity contribution in [3.05, 3.63) is 114 Å². The number of nitrogens with zero attached hydrogens (tertiary/aromatic N) is 9. The Morgan fingerprint density at radius 2 is 1.68 bits per heavy atom. The van der Waals surface area contributed by atoms with Crippen LogP contribution in [-0.2, 0) is 13.0 Å². The van der Waals surface area contributed by atoms with Crippen molar-refractivity contribution in [3.63, 3.8) is 0 Å². The van der Waals surface area contributed by atoms with Crippen LogP contribution in [0.4, 0.5) is 16.6 Å². The third kappa shape index (κ3) is 8.08. The van der Waals surface area contributed by atoms with Gasteiger partial charge in [-0.2, -0.15) is 14.8 Å². The number of aliphatic hydroxyl groups is 2. The molecule has 2 fully saturated rings. The number of halogens is 1. The minimum atomic E-state index is -1.15. The van der Waals surface area contributed by atoms with Gasteiger partial charge in [-0.25, -0.2) is 9.78 Å². The Morgan fingerprint density at radius 1 is 0.946 bits per heavy atom. The summed E-state index contributed by atoms with van der Waals surface area (Å²) in [6.45, 7) is 3.79. The molecule has 2 aliphatic rings. The van der Waals surface area contributed by atoms with E-state index in [2.05, 4.69) is 55.6 Å². The molecule has 16 nitrogen and oxygen atoms in total. The van der Waals surface area contributed by atoms with Gasteiger partial charge >= 0.3 is 6.03 Å². The number of hydrogen-bond donors (Lipinski definition) is 6. The summed E-state index contributed by atoms with van der Waals surface area (Å²) in [5.74, 6) is 1.69. The number of hydrogen-bond acceptors (Lipinski definition) is 12. The van der Waals surface area contributed by atoms with Gasteiger partial charge in [-0.1, -0.05) is 79.7 Å². The van der Waals surface area contributed by atoms with Crippen LogP contribution in [0.2, 0.25) is 0 Å². The molecule has 1 saturated carbocycles. The van der Waals surface area contributed by atoms with Gasteiger partial charge in [-0.05, 0) is 46.9 Å². The fraction of sp³-hybridized carbons (Fsp3) is 0.359. The van der Waals surface area contributed by atoms with Gasteiger partial charge in [0.2, 0.25) is 5.95 Å². The number of rotatable bonds is 12. The zero-order valence-electron chi connectivity index (χ0n) is 30.8. The number of aromatic nitrogens is 8. The van der Waals surface area contributed by atoms with E-state index in [1.165, 1.54) is 4.80 Å². The quantitative estimate of drug-likeness (QED) is 0.105. The monoisotopic (exact) mass is 780 g/mol. The zero-order chi connectivity index (χ0) is 37.9. The maximum absolute atomic E-state index is 12.9. The number of carbonyl (C=O) groups excluding carboxylic acids is 1. The molecule has 56 heavy (non-hydrogen) atoms. The summed E-state index contributed by atoms with van der Waals surface area (Å²) in [5, 5.41) is 54.5. The van der Waals surface area contributed by atoms with E-state index < -0.39 is 24.3 Å². The lowest BCUT2D eigenvalue weighted by Gasteiger charge is -2.22. The Labute approximate surface area is 329 Å². The Kier molecular flexibility index (Phi) is 11.6. The third-order valence-electron chi connectivity index (χ3n) is 10.5. The minimum absolute atomic E-state index is 0. The number of tetrazole rings is 1. The van der Waals surface area contributed by atoms with Crippen molar-refractivity contribution in [3.8, 4) is 5.75 Å². The lowest BCUT2D eigenvalue weighted by molar-refractivity contribution is 0.00473. The van der Waals surface area contributed by atoms with E-state index in [-0.39, 0.29) is 42.7 Å². The van der Waals surface area contributed by atoms with Crippen LogP contribution in [-0.4, -0.2) is 99.0 Å². The summed E-state index contributed by atoms with van der Waals surface area (Å²) in [4.78, 5) is 31.1. The van der Waals surface area contributed by atoms with Gasteiger partial charge < -0.3 is 40.7 Å².